The third-order valence-corrected chi connectivity index (χ3v) is 14.8. The normalized spacial score (nSPS) is 31.3. The van der Waals surface area contributed by atoms with Crippen LogP contribution in [0.3, 0.4) is 0 Å². The van der Waals surface area contributed by atoms with Crippen LogP contribution in [0.5, 0.6) is 0 Å². The molecule has 2 saturated carbocycles. The molecule has 2 amide bonds. The van der Waals surface area contributed by atoms with E-state index >= 15 is 0 Å². The molecule has 31 heavy (non-hydrogen) atoms. The first kappa shape index (κ1) is 25.0. The molecule has 3 rings (SSSR count). The highest BCUT2D eigenvalue weighted by Crippen LogP contribution is 2.41. The Kier molecular flexibility index (Phi) is 8.15. The fourth-order valence-electron chi connectivity index (χ4n) is 6.29. The summed E-state index contributed by atoms with van der Waals surface area (Å²) in [6.07, 6.45) is 10.2. The SMILES string of the molecule is C[Si](C)(C)C1CCC(C(=O)N2CCCN(C(=O)C3CCC([Si](C)(C)C)CC3)CC2)CC1. The van der Waals surface area contributed by atoms with E-state index in [-0.39, 0.29) is 11.8 Å². The fraction of sp³-hybridized carbons (Fsp3) is 0.920. The van der Waals surface area contributed by atoms with Crippen molar-refractivity contribution in [2.75, 3.05) is 26.2 Å². The molecular formula is C25H48N2O2Si2. The van der Waals surface area contributed by atoms with E-state index in [1.54, 1.807) is 0 Å². The maximum Gasteiger partial charge on any atom is 0.225 e. The average molecular weight is 465 g/mol. The van der Waals surface area contributed by atoms with E-state index in [0.717, 1.165) is 69.4 Å². The topological polar surface area (TPSA) is 40.6 Å². The van der Waals surface area contributed by atoms with Crippen molar-refractivity contribution in [3.63, 3.8) is 0 Å². The number of carbonyl (C=O) groups excluding carboxylic acids is 2. The van der Waals surface area contributed by atoms with Crippen LogP contribution >= 0.6 is 0 Å². The third kappa shape index (κ3) is 6.46. The van der Waals surface area contributed by atoms with Crippen molar-refractivity contribution in [1.29, 1.82) is 0 Å². The molecule has 0 aromatic rings. The molecule has 0 aromatic heterocycles. The molecule has 178 valence electrons. The summed E-state index contributed by atoms with van der Waals surface area (Å²) >= 11 is 0. The Morgan fingerprint density at radius 1 is 0.548 bits per heavy atom. The molecule has 1 aliphatic heterocycles. The minimum atomic E-state index is -1.09. The van der Waals surface area contributed by atoms with Gasteiger partial charge in [-0.1, -0.05) is 65.0 Å². The molecule has 1 heterocycles. The Morgan fingerprint density at radius 3 is 1.16 bits per heavy atom. The first-order valence-corrected chi connectivity index (χ1v) is 20.2. The van der Waals surface area contributed by atoms with Crippen molar-refractivity contribution >= 4 is 28.0 Å². The zero-order valence-electron chi connectivity index (χ0n) is 21.2. The van der Waals surface area contributed by atoms with Gasteiger partial charge in [-0.2, -0.15) is 0 Å². The van der Waals surface area contributed by atoms with Gasteiger partial charge >= 0.3 is 0 Å². The molecule has 1 saturated heterocycles. The van der Waals surface area contributed by atoms with Gasteiger partial charge in [-0.3, -0.25) is 9.59 Å². The molecule has 4 nitrogen and oxygen atoms in total. The van der Waals surface area contributed by atoms with Gasteiger partial charge in [0.1, 0.15) is 0 Å². The maximum absolute atomic E-state index is 13.2. The van der Waals surface area contributed by atoms with E-state index in [9.17, 15) is 9.59 Å². The first-order valence-electron chi connectivity index (χ1n) is 13.0. The molecular weight excluding hydrogens is 416 g/mol. The van der Waals surface area contributed by atoms with E-state index in [1.165, 1.54) is 25.7 Å². The van der Waals surface area contributed by atoms with Crippen LogP contribution in [0.2, 0.25) is 50.4 Å². The van der Waals surface area contributed by atoms with Gasteiger partial charge < -0.3 is 9.80 Å². The summed E-state index contributed by atoms with van der Waals surface area (Å²) in [5.74, 6) is 1.20. The van der Waals surface area contributed by atoms with E-state index in [4.69, 9.17) is 0 Å². The lowest BCUT2D eigenvalue weighted by Gasteiger charge is -2.37. The molecule has 0 spiro atoms. The molecule has 0 bridgehead atoms. The predicted molar refractivity (Wildman–Crippen MR) is 136 cm³/mol. The Labute approximate surface area is 193 Å². The Bertz CT molecular complexity index is 570. The maximum atomic E-state index is 13.2. The van der Waals surface area contributed by atoms with Gasteiger partial charge in [0, 0.05) is 54.2 Å². The Balaban J connectivity index is 1.47. The van der Waals surface area contributed by atoms with Crippen LogP contribution in [0.15, 0.2) is 0 Å². The highest BCUT2D eigenvalue weighted by Gasteiger charge is 2.37. The summed E-state index contributed by atoms with van der Waals surface area (Å²) in [6.45, 7) is 18.0. The number of amides is 2. The molecule has 6 heteroatoms. The molecule has 0 atom stereocenters. The third-order valence-electron chi connectivity index (χ3n) is 8.72. The molecule has 0 unspecified atom stereocenters. The minimum Gasteiger partial charge on any atom is -0.341 e. The lowest BCUT2D eigenvalue weighted by molar-refractivity contribution is -0.139. The van der Waals surface area contributed by atoms with Gasteiger partial charge in [0.2, 0.25) is 11.8 Å². The van der Waals surface area contributed by atoms with Crippen LogP contribution < -0.4 is 0 Å². The van der Waals surface area contributed by atoms with Crippen molar-refractivity contribution < 1.29 is 9.59 Å². The summed E-state index contributed by atoms with van der Waals surface area (Å²) < 4.78 is 0. The number of hydrogen-bond acceptors (Lipinski definition) is 2. The minimum absolute atomic E-state index is 0.228. The lowest BCUT2D eigenvalue weighted by Crippen LogP contribution is -2.43. The standard InChI is InChI=1S/C25H48N2O2Si2/c1-30(2,3)22-12-8-20(9-13-22)24(28)26-16-7-17-27(19-18-26)25(29)21-10-14-23(15-11-21)31(4,5)6/h20-23H,7-19H2,1-6H3. The largest absolute Gasteiger partial charge is 0.341 e. The van der Waals surface area contributed by atoms with Crippen molar-refractivity contribution in [3.8, 4) is 0 Å². The highest BCUT2D eigenvalue weighted by atomic mass is 28.3. The Hall–Kier alpha value is -0.626. The molecule has 0 aromatic carbocycles. The van der Waals surface area contributed by atoms with E-state index in [2.05, 4.69) is 49.1 Å². The van der Waals surface area contributed by atoms with E-state index < -0.39 is 16.1 Å². The van der Waals surface area contributed by atoms with Crippen molar-refractivity contribution in [2.24, 2.45) is 11.8 Å². The summed E-state index contributed by atoms with van der Waals surface area (Å²) in [5, 5.41) is 0. The summed E-state index contributed by atoms with van der Waals surface area (Å²) in [6, 6.07) is 0. The second kappa shape index (κ2) is 10.1. The number of rotatable bonds is 4. The van der Waals surface area contributed by atoms with Gasteiger partial charge in [0.05, 0.1) is 0 Å². The summed E-state index contributed by atoms with van der Waals surface area (Å²) in [7, 11) is -2.18. The van der Waals surface area contributed by atoms with Gasteiger partial charge in [0.25, 0.3) is 0 Å². The van der Waals surface area contributed by atoms with E-state index in [0.29, 0.717) is 11.8 Å². The van der Waals surface area contributed by atoms with Gasteiger partial charge in [-0.15, -0.1) is 0 Å². The Morgan fingerprint density at radius 2 is 0.871 bits per heavy atom. The smallest absolute Gasteiger partial charge is 0.225 e. The molecule has 0 N–H and O–H groups in total. The van der Waals surface area contributed by atoms with Crippen LogP contribution in [-0.2, 0) is 9.59 Å². The second-order valence-corrected chi connectivity index (χ2v) is 23.9. The van der Waals surface area contributed by atoms with E-state index in [1.807, 2.05) is 0 Å². The second-order valence-electron chi connectivity index (χ2n) is 12.8. The molecule has 2 aliphatic carbocycles. The van der Waals surface area contributed by atoms with Gasteiger partial charge in [0.15, 0.2) is 0 Å². The average Bonchev–Trinajstić information content (AvgIpc) is 2.98. The molecule has 3 aliphatic rings. The van der Waals surface area contributed by atoms with Gasteiger partial charge in [-0.25, -0.2) is 0 Å². The zero-order chi connectivity index (χ0) is 22.8. The van der Waals surface area contributed by atoms with Crippen LogP contribution in [0.4, 0.5) is 0 Å². The monoisotopic (exact) mass is 464 g/mol. The van der Waals surface area contributed by atoms with Crippen molar-refractivity contribution in [1.82, 2.24) is 9.80 Å². The first-order chi connectivity index (χ1) is 14.5. The molecule has 0 radical (unpaired) electrons. The van der Waals surface area contributed by atoms with Gasteiger partial charge in [-0.05, 0) is 43.2 Å². The number of hydrogen-bond donors (Lipinski definition) is 0. The van der Waals surface area contributed by atoms with Crippen LogP contribution in [0.1, 0.15) is 57.8 Å². The van der Waals surface area contributed by atoms with Crippen LogP contribution in [0, 0.1) is 11.8 Å². The summed E-state index contributed by atoms with van der Waals surface area (Å²) in [4.78, 5) is 30.6. The molecule has 3 fully saturated rings. The van der Waals surface area contributed by atoms with Crippen LogP contribution in [-0.4, -0.2) is 63.9 Å². The fourth-order valence-corrected chi connectivity index (χ4v) is 10.4. The van der Waals surface area contributed by atoms with Crippen molar-refractivity contribution in [2.45, 2.75) is 108 Å². The summed E-state index contributed by atoms with van der Waals surface area (Å²) in [5.41, 5.74) is 1.76. The number of carbonyl (C=O) groups is 2. The highest BCUT2D eigenvalue weighted by molar-refractivity contribution is 6.77. The number of nitrogens with zero attached hydrogens (tertiary/aromatic N) is 2. The zero-order valence-corrected chi connectivity index (χ0v) is 23.2. The lowest BCUT2D eigenvalue weighted by atomic mass is 9.87. The quantitative estimate of drug-likeness (QED) is 0.490. The predicted octanol–water partition coefficient (Wildman–Crippen LogP) is 5.84. The van der Waals surface area contributed by atoms with Crippen molar-refractivity contribution in [3.05, 3.63) is 0 Å². The van der Waals surface area contributed by atoms with Crippen LogP contribution in [0.25, 0.3) is 0 Å².